The Morgan fingerprint density at radius 3 is 1.16 bits per heavy atom. The van der Waals surface area contributed by atoms with Gasteiger partial charge in [0, 0.05) is 218 Å². The Morgan fingerprint density at radius 2 is 0.741 bits per heavy atom. The average Bonchev–Trinajstić information content (AvgIpc) is 1.66. The molecule has 13 heterocycles. The summed E-state index contributed by atoms with van der Waals surface area (Å²) in [5.41, 5.74) is 23.9. The highest BCUT2D eigenvalue weighted by atomic mass is 79.9. The van der Waals surface area contributed by atoms with Crippen molar-refractivity contribution < 1.29 is 33.2 Å². The van der Waals surface area contributed by atoms with Gasteiger partial charge < -0.3 is 66.2 Å². The van der Waals surface area contributed by atoms with E-state index < -0.39 is 5.82 Å². The Bertz CT molecular complexity index is 6350. The number of carbonyl (C=O) groups is 6. The summed E-state index contributed by atoms with van der Waals surface area (Å²) in [6.45, 7) is 29.4. The number of hydrogen-bond acceptors (Lipinski definition) is 13. The molecule has 0 unspecified atom stereocenters. The van der Waals surface area contributed by atoms with Crippen LogP contribution in [0, 0.1) is 12.7 Å². The summed E-state index contributed by atoms with van der Waals surface area (Å²) in [4.78, 5) is 87.7. The fourth-order valence-electron chi connectivity index (χ4n) is 17.1. The van der Waals surface area contributed by atoms with E-state index in [1.54, 1.807) is 76.5 Å². The summed E-state index contributed by atoms with van der Waals surface area (Å²) in [6, 6.07) is 40.5. The van der Waals surface area contributed by atoms with Gasteiger partial charge in [-0.25, -0.2) is 33.2 Å². The fraction of sp³-hybridized carbons (Fsp3) is 0.340. The number of aryl methyl sites for hydroxylation is 1. The van der Waals surface area contributed by atoms with E-state index >= 15 is 0 Å². The van der Waals surface area contributed by atoms with Crippen LogP contribution in [0.1, 0.15) is 169 Å². The van der Waals surface area contributed by atoms with Crippen LogP contribution in [0.3, 0.4) is 0 Å². The Labute approximate surface area is 818 Å². The quantitative estimate of drug-likeness (QED) is 0.0606. The van der Waals surface area contributed by atoms with Crippen molar-refractivity contribution in [3.05, 3.63) is 284 Å². The molecule has 31 nitrogen and oxygen atoms in total. The van der Waals surface area contributed by atoms with E-state index in [0.29, 0.717) is 133 Å². The maximum Gasteiger partial charge on any atom is 0.322 e. The van der Waals surface area contributed by atoms with Crippen LogP contribution in [0.2, 0.25) is 20.1 Å². The molecule has 6 aromatic heterocycles. The van der Waals surface area contributed by atoms with Gasteiger partial charge in [0.25, 0.3) is 0 Å². The van der Waals surface area contributed by atoms with Gasteiger partial charge in [-0.05, 0) is 192 Å². The average molecular weight is 2040 g/mol. The first-order chi connectivity index (χ1) is 64.9. The van der Waals surface area contributed by atoms with E-state index in [2.05, 4.69) is 164 Å². The molecule has 12 N–H and O–H groups in total. The number of aromatic amines is 6. The molecule has 38 heteroatoms. The summed E-state index contributed by atoms with van der Waals surface area (Å²) in [5, 5.41) is 64.2. The first-order valence-corrected chi connectivity index (χ1v) is 48.0. The minimum atomic E-state index is -0.482. The fourth-order valence-corrected chi connectivity index (χ4v) is 18.7. The van der Waals surface area contributed by atoms with Gasteiger partial charge in [-0.15, -0.1) is 0 Å². The van der Waals surface area contributed by atoms with E-state index in [1.165, 1.54) is 55.1 Å². The molecule has 0 bridgehead atoms. The Morgan fingerprint density at radius 1 is 0.400 bits per heavy atom. The number of benzene rings is 6. The van der Waals surface area contributed by atoms with Gasteiger partial charge in [-0.2, -0.15) is 30.6 Å². The summed E-state index contributed by atoms with van der Waals surface area (Å²) in [6.07, 6.45) is 10.8. The van der Waals surface area contributed by atoms with Gasteiger partial charge in [0.2, 0.25) is 0 Å². The molecule has 12 amide bonds. The second kappa shape index (κ2) is 43.9. The van der Waals surface area contributed by atoms with Crippen LogP contribution in [0.4, 0.5) is 73.1 Å². The normalized spacial score (nSPS) is 15.1. The summed E-state index contributed by atoms with van der Waals surface area (Å²) < 4.78 is 15.1. The smallest absolute Gasteiger partial charge is 0.322 e. The van der Waals surface area contributed by atoms with Crippen molar-refractivity contribution in [1.82, 2.24) is 90.6 Å². The summed E-state index contributed by atoms with van der Waals surface area (Å²) >= 11 is 30.3. The highest BCUT2D eigenvalue weighted by Crippen LogP contribution is 2.40. The lowest BCUT2D eigenvalue weighted by Crippen LogP contribution is -2.39. The lowest BCUT2D eigenvalue weighted by Gasteiger charge is -2.30. The minimum absolute atomic E-state index is 0.0451. The van der Waals surface area contributed by atoms with Crippen LogP contribution in [0.5, 0.6) is 0 Å². The monoisotopic (exact) mass is 2040 g/mol. The third kappa shape index (κ3) is 24.4. The second-order valence-corrected chi connectivity index (χ2v) is 38.7. The molecule has 0 radical (unpaired) electrons. The molecule has 135 heavy (non-hydrogen) atoms. The first kappa shape index (κ1) is 97.1. The first-order valence-electron chi connectivity index (χ1n) is 44.9. The maximum atomic E-state index is 14.0. The van der Waals surface area contributed by atoms with Crippen molar-refractivity contribution in [1.29, 1.82) is 0 Å². The van der Waals surface area contributed by atoms with Crippen molar-refractivity contribution in [3.63, 3.8) is 0 Å². The van der Waals surface area contributed by atoms with Crippen LogP contribution in [0.15, 0.2) is 162 Å². The molecule has 6 aromatic carbocycles. The molecule has 20 rings (SSSR count). The lowest BCUT2D eigenvalue weighted by molar-refractivity contribution is 0.205. The number of nitrogens with zero attached hydrogens (tertiary/aromatic N) is 13. The third-order valence-corrected chi connectivity index (χ3v) is 26.7. The van der Waals surface area contributed by atoms with Gasteiger partial charge in [-0.3, -0.25) is 30.6 Å². The maximum absolute atomic E-state index is 14.0. The molecule has 12 aromatic rings. The molecule has 2 fully saturated rings. The largest absolute Gasteiger partial charge is 0.355 e. The SMILES string of the molecule is C=C(C)c1n[nH]c2c1CN(C(=O)Nc1cccc(Br)c1F)CC2.C=C(C)c1n[nH]c2c1CN(C(=O)Nc1cccc(C)c1)CC2.CC(C)(C)c1n[nH]c2c1CN(C(=O)Nc1cccc(Cl)c1)CC2.O=C(Nc1cccc(Cl)c1)N1CCc2[nH]nc(Br)c2C1.O=C(Nc1cccc(Cl)c1)N1CCc2[nH]nc(C3CCC3)c2C1.O=C(Nc1cccc(Cl)c1)N1CCc2[nH]nc(N3CCCC3)c2C1. The molecule has 8 aliphatic rings. The van der Waals surface area contributed by atoms with Gasteiger partial charge in [0.1, 0.15) is 4.60 Å². The van der Waals surface area contributed by atoms with Crippen molar-refractivity contribution in [3.8, 4) is 0 Å². The number of urea groups is 6. The van der Waals surface area contributed by atoms with Crippen molar-refractivity contribution in [2.75, 3.05) is 89.2 Å². The molecule has 706 valence electrons. The number of halogens is 7. The number of fused-ring (bicyclic) bond motifs is 6. The van der Waals surface area contributed by atoms with Crippen LogP contribution in [-0.2, 0) is 83.2 Å². The zero-order valence-corrected chi connectivity index (χ0v) is 82.1. The van der Waals surface area contributed by atoms with Crippen molar-refractivity contribution in [2.24, 2.45) is 0 Å². The molecule has 0 spiro atoms. The van der Waals surface area contributed by atoms with Crippen molar-refractivity contribution in [2.45, 2.75) is 163 Å². The number of rotatable bonds is 10. The van der Waals surface area contributed by atoms with Crippen LogP contribution in [0.25, 0.3) is 11.1 Å². The number of carbonyl (C=O) groups excluding carboxylic acids is 6. The molecule has 7 aliphatic heterocycles. The highest BCUT2D eigenvalue weighted by Gasteiger charge is 2.36. The molecule has 1 saturated carbocycles. The number of aromatic nitrogens is 12. The molecular formula is C97H108Br2Cl4FN25O6. The van der Waals surface area contributed by atoms with Crippen LogP contribution < -0.4 is 36.8 Å². The summed E-state index contributed by atoms with van der Waals surface area (Å²) in [5.74, 6) is 1.11. The van der Waals surface area contributed by atoms with Gasteiger partial charge in [0.15, 0.2) is 11.6 Å². The zero-order chi connectivity index (χ0) is 95.3. The minimum Gasteiger partial charge on any atom is -0.355 e. The Kier molecular flexibility index (Phi) is 31.6. The number of H-pyrrole nitrogens is 6. The van der Waals surface area contributed by atoms with E-state index in [-0.39, 0.29) is 47.3 Å². The number of anilines is 7. The Hall–Kier alpha value is -12.5. The van der Waals surface area contributed by atoms with Crippen LogP contribution >= 0.6 is 78.3 Å². The molecule has 1 saturated heterocycles. The van der Waals surface area contributed by atoms with E-state index in [0.717, 1.165) is 157 Å². The predicted octanol–water partition coefficient (Wildman–Crippen LogP) is 21.8. The number of amides is 12. The molecule has 1 aliphatic carbocycles. The highest BCUT2D eigenvalue weighted by molar-refractivity contribution is 9.10. The number of nitrogens with one attached hydrogen (secondary N) is 12. The van der Waals surface area contributed by atoms with Gasteiger partial charge in [0.05, 0.1) is 72.2 Å². The standard InChI is InChI=1S/C17H20ClN5O.C17H19ClN4O.C17H21ClN4O.C17H20N4O.C16H16BrFN4O.C13H12BrClN4O/c18-12-4-3-5-13(10-12)19-17(24)23-9-6-15-14(11-23)16(21-20-15)22-7-1-2-8-22;18-12-5-2-6-13(9-12)19-17(23)22-8-7-15-14(10-22)16(21-20-15)11-3-1-4-11;1-17(2,3)15-13-10-22(8-7-14(13)20-21-15)16(23)19-12-6-4-5-11(18)9-12;1-11(2)16-14-10-21(8-7-15(14)19-20-16)17(22)18-13-6-4-5-12(3)9-13;1-9(2)15-10-8-22(7-6-12(10)20-21-15)16(23)19-13-5-3-4-11(17)14(13)18;14-12-10-7-19(5-4-11(10)17-18-12)13(20)16-9-3-1-2-8(15)6-9/h3-5,10H,1-2,6-9,11H2,(H,19,24)(H,20,21);2,5-6,9,11H,1,3-4,7-8,10H2,(H,19,23)(H,20,21);4-6,9H,7-8,10H2,1-3H3,(H,19,23)(H,20,21);4-6,9H,1,7-8,10H2,2-3H3,(H,18,22)(H,19,20);3-5H,1,6-8H2,2H3,(H,19,23)(H,20,21);1-3,6H,4-5,7H2,(H,16,20)(H,17,18). The number of allylic oxidation sites excluding steroid dienone is 2. The predicted molar refractivity (Wildman–Crippen MR) is 535 cm³/mol. The molecular weight excluding hydrogens is 1930 g/mol. The zero-order valence-electron chi connectivity index (χ0n) is 75.9. The van der Waals surface area contributed by atoms with Crippen molar-refractivity contribution >= 4 is 166 Å². The van der Waals surface area contributed by atoms with Crippen LogP contribution in [-0.4, -0.2) is 179 Å². The topological polar surface area (TPSA) is 369 Å². The van der Waals surface area contributed by atoms with E-state index in [1.807, 2.05) is 107 Å². The summed E-state index contributed by atoms with van der Waals surface area (Å²) in [7, 11) is 0. The van der Waals surface area contributed by atoms with E-state index in [9.17, 15) is 33.2 Å². The van der Waals surface area contributed by atoms with Gasteiger partial charge >= 0.3 is 36.2 Å². The number of hydrogen-bond donors (Lipinski definition) is 12. The van der Waals surface area contributed by atoms with Gasteiger partial charge in [-0.1, -0.05) is 129 Å². The van der Waals surface area contributed by atoms with E-state index in [4.69, 9.17) is 46.4 Å². The molecule has 0 atom stereocenters. The Balaban J connectivity index is 0.000000123. The lowest BCUT2D eigenvalue weighted by atomic mass is 9.81. The third-order valence-electron chi connectivity index (χ3n) is 24.5. The second-order valence-electron chi connectivity index (χ2n) is 35.4.